The van der Waals surface area contributed by atoms with Crippen LogP contribution in [-0.2, 0) is 0 Å². The van der Waals surface area contributed by atoms with Gasteiger partial charge in [0.05, 0.1) is 0 Å². The highest BCUT2D eigenvalue weighted by Crippen LogP contribution is 1.98. The maximum Gasteiger partial charge on any atom is 0.0480 e. The van der Waals surface area contributed by atoms with Crippen molar-refractivity contribution in [1.29, 1.82) is 0 Å². The molecule has 0 unspecified atom stereocenters. The molecule has 0 heterocycles. The average molecular weight is 132 g/mol. The van der Waals surface area contributed by atoms with Crippen molar-refractivity contribution in [3.8, 4) is 0 Å². The Morgan fingerprint density at radius 1 is 1.11 bits per heavy atom. The molecule has 0 aliphatic carbocycles. The molecule has 2 radical (unpaired) electrons. The molecule has 0 saturated heterocycles. The van der Waals surface area contributed by atoms with Crippen molar-refractivity contribution in [2.45, 2.75) is 0 Å². The van der Waals surface area contributed by atoms with Gasteiger partial charge in [0, 0.05) is 10.2 Å². The van der Waals surface area contributed by atoms with Crippen molar-refractivity contribution in [2.24, 2.45) is 0 Å². The van der Waals surface area contributed by atoms with Gasteiger partial charge in [-0.15, -0.1) is 5.70 Å². The van der Waals surface area contributed by atoms with Gasteiger partial charge in [-0.25, -0.2) is 0 Å². The van der Waals surface area contributed by atoms with Crippen molar-refractivity contribution in [2.75, 3.05) is 0 Å². The van der Waals surface area contributed by atoms with E-state index in [-0.39, 0.29) is 0 Å². The summed E-state index contributed by atoms with van der Waals surface area (Å²) in [6.45, 7) is 0. The second-order valence-electron chi connectivity index (χ2n) is 1.77. The quantitative estimate of drug-likeness (QED) is 0.509. The Balaban J connectivity index is 2.85. The molecule has 1 rings (SSSR count). The van der Waals surface area contributed by atoms with E-state index >= 15 is 0 Å². The number of rotatable bonds is 1. The highest BCUT2D eigenvalue weighted by atomic mass is 28.1. The van der Waals surface area contributed by atoms with Crippen molar-refractivity contribution in [3.05, 3.63) is 41.6 Å². The molecule has 0 aliphatic heterocycles. The number of benzene rings is 1. The third kappa shape index (κ3) is 1.86. The third-order valence-electron chi connectivity index (χ3n) is 1.09. The predicted molar refractivity (Wildman–Crippen MR) is 42.6 cm³/mol. The van der Waals surface area contributed by atoms with Crippen LogP contribution in [0.3, 0.4) is 0 Å². The summed E-state index contributed by atoms with van der Waals surface area (Å²) in [6.07, 6.45) is 2.05. The molecule has 0 spiro atoms. The SMILES string of the molecule is [SiH]/C=C/c1ccccc1. The lowest BCUT2D eigenvalue weighted by Gasteiger charge is -1.86. The average Bonchev–Trinajstić information content (AvgIpc) is 1.91. The summed E-state index contributed by atoms with van der Waals surface area (Å²) < 4.78 is 0. The zero-order valence-corrected chi connectivity index (χ0v) is 6.27. The second kappa shape index (κ2) is 3.25. The molecule has 1 heteroatoms. The van der Waals surface area contributed by atoms with E-state index in [2.05, 4.69) is 22.4 Å². The Morgan fingerprint density at radius 2 is 1.78 bits per heavy atom. The van der Waals surface area contributed by atoms with Crippen molar-refractivity contribution in [3.63, 3.8) is 0 Å². The molecule has 0 aromatic heterocycles. The smallest absolute Gasteiger partial charge is 0.0480 e. The molecule has 0 saturated carbocycles. The molecular formula is C8H8Si. The van der Waals surface area contributed by atoms with Crippen LogP contribution < -0.4 is 0 Å². The van der Waals surface area contributed by atoms with Gasteiger partial charge in [-0.1, -0.05) is 36.4 Å². The molecule has 0 N–H and O–H groups in total. The van der Waals surface area contributed by atoms with Gasteiger partial charge in [-0.2, -0.15) is 0 Å². The largest absolute Gasteiger partial charge is 0.103 e. The monoisotopic (exact) mass is 132 g/mol. The van der Waals surface area contributed by atoms with Crippen molar-refractivity contribution < 1.29 is 0 Å². The molecule has 44 valence electrons. The lowest BCUT2D eigenvalue weighted by atomic mass is 10.2. The Hall–Kier alpha value is -0.823. The van der Waals surface area contributed by atoms with E-state index in [1.807, 2.05) is 30.0 Å². The normalized spacial score (nSPS) is 10.3. The first kappa shape index (κ1) is 6.30. The Kier molecular flexibility index (Phi) is 2.28. The predicted octanol–water partition coefficient (Wildman–Crippen LogP) is 1.56. The van der Waals surface area contributed by atoms with Crippen molar-refractivity contribution in [1.82, 2.24) is 0 Å². The summed E-state index contributed by atoms with van der Waals surface area (Å²) in [7, 11) is 2.55. The molecule has 0 fully saturated rings. The van der Waals surface area contributed by atoms with E-state index in [1.165, 1.54) is 5.56 Å². The minimum absolute atomic E-state index is 1.24. The lowest BCUT2D eigenvalue weighted by Crippen LogP contribution is -1.66. The van der Waals surface area contributed by atoms with E-state index in [4.69, 9.17) is 0 Å². The molecule has 0 atom stereocenters. The van der Waals surface area contributed by atoms with Crippen LogP contribution in [0.5, 0.6) is 0 Å². The minimum atomic E-state index is 1.24. The highest BCUT2D eigenvalue weighted by Gasteiger charge is 1.77. The molecule has 0 aliphatic rings. The third-order valence-corrected chi connectivity index (χ3v) is 1.28. The Morgan fingerprint density at radius 3 is 2.33 bits per heavy atom. The molecule has 1 aromatic rings. The van der Waals surface area contributed by atoms with Gasteiger partial charge in [0.2, 0.25) is 0 Å². The summed E-state index contributed by atoms with van der Waals surface area (Å²) >= 11 is 0. The molecule has 0 nitrogen and oxygen atoms in total. The minimum Gasteiger partial charge on any atom is -0.103 e. The number of hydrogen-bond donors (Lipinski definition) is 0. The van der Waals surface area contributed by atoms with Gasteiger partial charge in [-0.3, -0.25) is 0 Å². The van der Waals surface area contributed by atoms with Gasteiger partial charge in [0.15, 0.2) is 0 Å². The first-order chi connectivity index (χ1) is 4.43. The van der Waals surface area contributed by atoms with Crippen LogP contribution >= 0.6 is 0 Å². The summed E-state index contributed by atoms with van der Waals surface area (Å²) in [6, 6.07) is 10.2. The fourth-order valence-electron chi connectivity index (χ4n) is 0.675. The molecule has 1 aromatic carbocycles. The second-order valence-corrected chi connectivity index (χ2v) is 2.15. The fraction of sp³-hybridized carbons (Fsp3) is 0. The fourth-order valence-corrected chi connectivity index (χ4v) is 0.897. The van der Waals surface area contributed by atoms with Crippen LogP contribution in [0, 0.1) is 0 Å². The van der Waals surface area contributed by atoms with E-state index in [0.717, 1.165) is 0 Å². The molecule has 9 heavy (non-hydrogen) atoms. The van der Waals surface area contributed by atoms with Crippen LogP contribution in [0.1, 0.15) is 5.56 Å². The molecular weight excluding hydrogens is 124 g/mol. The number of hydrogen-bond acceptors (Lipinski definition) is 0. The van der Waals surface area contributed by atoms with Gasteiger partial charge in [-0.05, 0) is 5.56 Å². The standard InChI is InChI=1S/C8H8Si/c9-7-6-8-4-2-1-3-5-8/h1-7,9H/b7-6+. The first-order valence-electron chi connectivity index (χ1n) is 2.87. The van der Waals surface area contributed by atoms with Gasteiger partial charge in [0.1, 0.15) is 0 Å². The van der Waals surface area contributed by atoms with E-state index in [1.54, 1.807) is 0 Å². The molecule has 0 amide bonds. The lowest BCUT2D eigenvalue weighted by molar-refractivity contribution is 1.66. The van der Waals surface area contributed by atoms with Crippen molar-refractivity contribution >= 4 is 16.3 Å². The molecule has 0 bridgehead atoms. The summed E-state index contributed by atoms with van der Waals surface area (Å²) in [5, 5.41) is 0. The van der Waals surface area contributed by atoms with E-state index in [0.29, 0.717) is 0 Å². The van der Waals surface area contributed by atoms with Crippen LogP contribution in [0.4, 0.5) is 0 Å². The van der Waals surface area contributed by atoms with E-state index in [9.17, 15) is 0 Å². The zero-order valence-electron chi connectivity index (χ0n) is 5.12. The summed E-state index contributed by atoms with van der Waals surface area (Å²) in [5.74, 6) is 0. The first-order valence-corrected chi connectivity index (χ1v) is 3.53. The van der Waals surface area contributed by atoms with Crippen LogP contribution in [0.25, 0.3) is 6.08 Å². The van der Waals surface area contributed by atoms with Crippen LogP contribution in [-0.4, -0.2) is 10.2 Å². The maximum absolute atomic E-state index is 2.55. The maximum atomic E-state index is 2.55. The van der Waals surface area contributed by atoms with Crippen LogP contribution in [0.15, 0.2) is 36.0 Å². The van der Waals surface area contributed by atoms with Crippen LogP contribution in [0.2, 0.25) is 0 Å². The highest BCUT2D eigenvalue weighted by molar-refractivity contribution is 6.19. The Labute approximate surface area is 58.6 Å². The Bertz CT molecular complexity index is 189. The van der Waals surface area contributed by atoms with Gasteiger partial charge >= 0.3 is 0 Å². The zero-order chi connectivity index (χ0) is 6.53. The topological polar surface area (TPSA) is 0 Å². The van der Waals surface area contributed by atoms with Gasteiger partial charge in [0.25, 0.3) is 0 Å². The summed E-state index contributed by atoms with van der Waals surface area (Å²) in [5.41, 5.74) is 3.20. The van der Waals surface area contributed by atoms with E-state index < -0.39 is 0 Å². The summed E-state index contributed by atoms with van der Waals surface area (Å²) in [4.78, 5) is 0. The van der Waals surface area contributed by atoms with Gasteiger partial charge < -0.3 is 0 Å².